The zero-order valence-electron chi connectivity index (χ0n) is 16.1. The molecule has 2 atom stereocenters. The third kappa shape index (κ3) is 1.82. The van der Waals surface area contributed by atoms with Crippen LogP contribution in [0.15, 0.2) is 24.3 Å². The van der Waals surface area contributed by atoms with Crippen molar-refractivity contribution in [2.24, 2.45) is 0 Å². The molecule has 134 valence electrons. The van der Waals surface area contributed by atoms with Gasteiger partial charge in [-0.1, -0.05) is 18.2 Å². The molecule has 0 amide bonds. The van der Waals surface area contributed by atoms with Crippen LogP contribution in [-0.2, 0) is 12.8 Å². The Morgan fingerprint density at radius 2 is 1.50 bits per heavy atom. The van der Waals surface area contributed by atoms with Crippen LogP contribution in [0.5, 0.6) is 0 Å². The van der Waals surface area contributed by atoms with Gasteiger partial charge in [-0.25, -0.2) is 0 Å². The fourth-order valence-corrected chi connectivity index (χ4v) is 6.75. The van der Waals surface area contributed by atoms with Crippen molar-refractivity contribution in [3.8, 4) is 0 Å². The van der Waals surface area contributed by atoms with Gasteiger partial charge in [0.2, 0.25) is 0 Å². The van der Waals surface area contributed by atoms with Crippen LogP contribution in [0.4, 0.5) is 0 Å². The van der Waals surface area contributed by atoms with Crippen molar-refractivity contribution in [2.45, 2.75) is 83.1 Å². The molecule has 0 aliphatic heterocycles. The molecule has 1 aromatic heterocycles. The van der Waals surface area contributed by atoms with Crippen LogP contribution in [0.25, 0.3) is 21.8 Å². The lowest BCUT2D eigenvalue weighted by Gasteiger charge is -2.41. The van der Waals surface area contributed by atoms with Gasteiger partial charge in [0, 0.05) is 22.3 Å². The molecule has 0 spiro atoms. The molecule has 2 aromatic carbocycles. The van der Waals surface area contributed by atoms with Crippen LogP contribution < -0.4 is 0 Å². The molecule has 6 rings (SSSR count). The predicted octanol–water partition coefficient (Wildman–Crippen LogP) is 7.01. The van der Waals surface area contributed by atoms with E-state index in [1.165, 1.54) is 62.3 Å². The number of para-hydroxylation sites is 1. The Hall–Kier alpha value is -1.76. The quantitative estimate of drug-likeness (QED) is 0.448. The van der Waals surface area contributed by atoms with Gasteiger partial charge in [0.05, 0.1) is 5.52 Å². The summed E-state index contributed by atoms with van der Waals surface area (Å²) in [6.07, 6.45) is 11.1. The molecule has 0 bridgehead atoms. The van der Waals surface area contributed by atoms with Gasteiger partial charge >= 0.3 is 0 Å². The van der Waals surface area contributed by atoms with E-state index in [4.69, 9.17) is 0 Å². The molecule has 26 heavy (non-hydrogen) atoms. The van der Waals surface area contributed by atoms with Gasteiger partial charge in [0.25, 0.3) is 0 Å². The maximum atomic E-state index is 2.68. The topological polar surface area (TPSA) is 4.93 Å². The van der Waals surface area contributed by atoms with Crippen molar-refractivity contribution < 1.29 is 0 Å². The second-order valence-electron chi connectivity index (χ2n) is 9.24. The van der Waals surface area contributed by atoms with E-state index in [2.05, 4.69) is 42.7 Å². The van der Waals surface area contributed by atoms with Crippen LogP contribution in [0, 0.1) is 0 Å². The molecule has 1 heterocycles. The maximum Gasteiger partial charge on any atom is 0.0532 e. The highest BCUT2D eigenvalue weighted by molar-refractivity contribution is 6.12. The van der Waals surface area contributed by atoms with E-state index >= 15 is 0 Å². The number of fused-ring (bicyclic) bond motifs is 5. The van der Waals surface area contributed by atoms with Crippen molar-refractivity contribution in [1.82, 2.24) is 4.57 Å². The van der Waals surface area contributed by atoms with E-state index in [1.807, 2.05) is 11.1 Å². The number of rotatable bonds is 1. The van der Waals surface area contributed by atoms with E-state index in [0.29, 0.717) is 6.04 Å². The molecule has 0 N–H and O–H groups in total. The largest absolute Gasteiger partial charge is 0.338 e. The Kier molecular flexibility index (Phi) is 3.17. The number of benzene rings is 2. The van der Waals surface area contributed by atoms with Gasteiger partial charge in [-0.15, -0.1) is 0 Å². The van der Waals surface area contributed by atoms with Crippen LogP contribution in [0.1, 0.15) is 92.5 Å². The Morgan fingerprint density at radius 3 is 2.23 bits per heavy atom. The van der Waals surface area contributed by atoms with Gasteiger partial charge in [-0.05, 0) is 105 Å². The number of hydrogen-bond acceptors (Lipinski definition) is 0. The molecule has 0 radical (unpaired) electrons. The SMILES string of the molecule is CC(C)n1c2ccccc2c2c3c4c5c(c21)CCCC5CC[C@@H]4CCC3. The average Bonchev–Trinajstić information content (AvgIpc) is 3.02. The van der Waals surface area contributed by atoms with E-state index in [9.17, 15) is 0 Å². The monoisotopic (exact) mass is 343 g/mol. The van der Waals surface area contributed by atoms with Gasteiger partial charge in [-0.3, -0.25) is 0 Å². The summed E-state index contributed by atoms with van der Waals surface area (Å²) < 4.78 is 2.68. The minimum Gasteiger partial charge on any atom is -0.338 e. The molecule has 3 aliphatic rings. The number of aryl methyl sites for hydroxylation is 2. The minimum atomic E-state index is 0.516. The highest BCUT2D eigenvalue weighted by Crippen LogP contribution is 2.54. The van der Waals surface area contributed by atoms with Gasteiger partial charge in [0.15, 0.2) is 0 Å². The Balaban J connectivity index is 1.88. The molecule has 0 saturated heterocycles. The van der Waals surface area contributed by atoms with Crippen LogP contribution in [0.3, 0.4) is 0 Å². The second-order valence-corrected chi connectivity index (χ2v) is 9.24. The first-order chi connectivity index (χ1) is 12.8. The number of aromatic nitrogens is 1. The first-order valence-corrected chi connectivity index (χ1v) is 10.9. The molecule has 1 heteroatoms. The molecule has 0 saturated carbocycles. The summed E-state index contributed by atoms with van der Waals surface area (Å²) in [5.41, 5.74) is 10.2. The van der Waals surface area contributed by atoms with Gasteiger partial charge in [-0.2, -0.15) is 0 Å². The third-order valence-electron chi connectivity index (χ3n) is 7.59. The van der Waals surface area contributed by atoms with Crippen molar-refractivity contribution in [3.63, 3.8) is 0 Å². The van der Waals surface area contributed by atoms with Crippen molar-refractivity contribution in [2.75, 3.05) is 0 Å². The summed E-state index contributed by atoms with van der Waals surface area (Å²) in [6, 6.07) is 9.73. The maximum absolute atomic E-state index is 2.68. The lowest BCUT2D eigenvalue weighted by atomic mass is 9.64. The lowest BCUT2D eigenvalue weighted by molar-refractivity contribution is 0.402. The molecule has 3 aliphatic carbocycles. The van der Waals surface area contributed by atoms with E-state index < -0.39 is 0 Å². The number of nitrogens with zero attached hydrogens (tertiary/aromatic N) is 1. The van der Waals surface area contributed by atoms with Crippen molar-refractivity contribution >= 4 is 21.8 Å². The Morgan fingerprint density at radius 1 is 0.846 bits per heavy atom. The highest BCUT2D eigenvalue weighted by Gasteiger charge is 2.38. The normalized spacial score (nSPS) is 24.4. The van der Waals surface area contributed by atoms with Crippen molar-refractivity contribution in [3.05, 3.63) is 46.5 Å². The van der Waals surface area contributed by atoms with Crippen LogP contribution in [-0.4, -0.2) is 4.57 Å². The first kappa shape index (κ1) is 15.3. The average molecular weight is 344 g/mol. The fraction of sp³-hybridized carbons (Fsp3) is 0.520. The van der Waals surface area contributed by atoms with Gasteiger partial charge < -0.3 is 4.57 Å². The lowest BCUT2D eigenvalue weighted by Crippen LogP contribution is -2.25. The van der Waals surface area contributed by atoms with E-state index in [1.54, 1.807) is 22.0 Å². The fourth-order valence-electron chi connectivity index (χ4n) is 6.75. The van der Waals surface area contributed by atoms with Crippen LogP contribution in [0.2, 0.25) is 0 Å². The van der Waals surface area contributed by atoms with Crippen molar-refractivity contribution in [1.29, 1.82) is 0 Å². The Bertz CT molecular complexity index is 1040. The van der Waals surface area contributed by atoms with E-state index in [0.717, 1.165) is 11.8 Å². The third-order valence-corrected chi connectivity index (χ3v) is 7.59. The molecular formula is C25H29N. The summed E-state index contributed by atoms with van der Waals surface area (Å²) in [4.78, 5) is 0. The summed E-state index contributed by atoms with van der Waals surface area (Å²) in [6.45, 7) is 4.74. The predicted molar refractivity (Wildman–Crippen MR) is 110 cm³/mol. The summed E-state index contributed by atoms with van der Waals surface area (Å²) in [7, 11) is 0. The zero-order valence-corrected chi connectivity index (χ0v) is 16.1. The summed E-state index contributed by atoms with van der Waals surface area (Å²) in [5, 5.41) is 3.15. The molecule has 3 aromatic rings. The molecule has 1 unspecified atom stereocenters. The summed E-state index contributed by atoms with van der Waals surface area (Å²) >= 11 is 0. The second kappa shape index (κ2) is 5.38. The van der Waals surface area contributed by atoms with E-state index in [-0.39, 0.29) is 0 Å². The molecular weight excluding hydrogens is 314 g/mol. The molecule has 0 fully saturated rings. The zero-order chi connectivity index (χ0) is 17.4. The smallest absolute Gasteiger partial charge is 0.0532 e. The first-order valence-electron chi connectivity index (χ1n) is 10.9. The molecule has 1 nitrogen and oxygen atoms in total. The Labute approximate surface area is 156 Å². The van der Waals surface area contributed by atoms with Crippen LogP contribution >= 0.6 is 0 Å². The standard InChI is InChI=1S/C25H29N/c1-15(2)26-21-12-4-3-9-18(21)24-19-10-5-7-16-13-14-17-8-6-11-20(25(24)26)23(17)22(16)19/h3-4,9,12,15-17H,5-8,10-11,13-14H2,1-2H3/t16-,17?/m0/s1. The highest BCUT2D eigenvalue weighted by atomic mass is 15.0. The summed E-state index contributed by atoms with van der Waals surface area (Å²) in [5.74, 6) is 1.71. The van der Waals surface area contributed by atoms with Gasteiger partial charge in [0.1, 0.15) is 0 Å². The number of hydrogen-bond donors (Lipinski definition) is 0. The minimum absolute atomic E-state index is 0.516.